The van der Waals surface area contributed by atoms with Crippen molar-refractivity contribution < 1.29 is 18.3 Å². The molecule has 0 aromatic heterocycles. The maximum Gasteiger partial charge on any atom is 0.225 e. The zero-order valence-electron chi connectivity index (χ0n) is 12.4. The van der Waals surface area contributed by atoms with E-state index in [9.17, 15) is 18.3 Å². The van der Waals surface area contributed by atoms with Crippen LogP contribution in [-0.4, -0.2) is 37.0 Å². The summed E-state index contributed by atoms with van der Waals surface area (Å²) in [7, 11) is -3.52. The molecule has 1 saturated heterocycles. The highest BCUT2D eigenvalue weighted by atomic mass is 32.2. The second-order valence-electron chi connectivity index (χ2n) is 5.59. The van der Waals surface area contributed by atoms with Crippen LogP contribution in [0.4, 0.5) is 0 Å². The number of likely N-dealkylation sites (tertiary alicyclic amines) is 1. The average molecular weight is 331 g/mol. The van der Waals surface area contributed by atoms with Gasteiger partial charge in [-0.05, 0) is 29.8 Å². The fraction of sp³-hybridized carbons (Fsp3) is 0.235. The van der Waals surface area contributed by atoms with Gasteiger partial charge in [-0.2, -0.15) is 0 Å². The quantitative estimate of drug-likeness (QED) is 0.924. The van der Waals surface area contributed by atoms with Crippen molar-refractivity contribution >= 4 is 15.7 Å². The Labute approximate surface area is 135 Å². The highest BCUT2D eigenvalue weighted by molar-refractivity contribution is 7.91. The largest absolute Gasteiger partial charge is 0.391 e. The van der Waals surface area contributed by atoms with Gasteiger partial charge in [-0.1, -0.05) is 30.3 Å². The molecule has 2 aromatic rings. The Morgan fingerprint density at radius 1 is 1.00 bits per heavy atom. The second kappa shape index (κ2) is 6.14. The van der Waals surface area contributed by atoms with E-state index in [0.717, 1.165) is 5.56 Å². The molecule has 2 aromatic carbocycles. The van der Waals surface area contributed by atoms with E-state index in [2.05, 4.69) is 0 Å². The first-order valence-electron chi connectivity index (χ1n) is 7.32. The lowest BCUT2D eigenvalue weighted by Gasteiger charge is -2.16. The molecule has 1 aliphatic heterocycles. The molecule has 1 atom stereocenters. The van der Waals surface area contributed by atoms with E-state index in [1.807, 2.05) is 0 Å². The number of aliphatic hydroxyl groups excluding tert-OH is 1. The summed E-state index contributed by atoms with van der Waals surface area (Å²) < 4.78 is 25.0. The zero-order valence-corrected chi connectivity index (χ0v) is 13.2. The molecular weight excluding hydrogens is 314 g/mol. The number of β-amino-alcohol motifs (C(OH)–C–C–N with tert-alkyl or cyclic N) is 1. The van der Waals surface area contributed by atoms with Crippen molar-refractivity contribution in [2.24, 2.45) is 0 Å². The summed E-state index contributed by atoms with van der Waals surface area (Å²) in [4.78, 5) is 13.7. The third kappa shape index (κ3) is 3.28. The second-order valence-corrected chi connectivity index (χ2v) is 7.54. The summed E-state index contributed by atoms with van der Waals surface area (Å²) >= 11 is 0. The minimum atomic E-state index is -3.52. The number of sulfone groups is 1. The molecule has 1 amide bonds. The first-order chi connectivity index (χ1) is 11.0. The van der Waals surface area contributed by atoms with Crippen molar-refractivity contribution in [1.82, 2.24) is 4.90 Å². The van der Waals surface area contributed by atoms with E-state index in [0.29, 0.717) is 13.1 Å². The molecule has 120 valence electrons. The summed E-state index contributed by atoms with van der Waals surface area (Å²) in [5.74, 6) is -0.0847. The molecule has 0 saturated carbocycles. The summed E-state index contributed by atoms with van der Waals surface area (Å²) in [5.41, 5.74) is 0.833. The van der Waals surface area contributed by atoms with Crippen molar-refractivity contribution in [3.63, 3.8) is 0 Å². The summed E-state index contributed by atoms with van der Waals surface area (Å²) in [6.07, 6.45) is -0.458. The number of carbonyl (C=O) groups excluding carboxylic acids is 1. The minimum absolute atomic E-state index is 0.0847. The van der Waals surface area contributed by atoms with Gasteiger partial charge >= 0.3 is 0 Å². The Kier molecular flexibility index (Phi) is 4.19. The number of benzene rings is 2. The molecule has 0 aliphatic carbocycles. The Morgan fingerprint density at radius 2 is 1.61 bits per heavy atom. The van der Waals surface area contributed by atoms with Gasteiger partial charge in [0.15, 0.2) is 0 Å². The number of hydrogen-bond acceptors (Lipinski definition) is 4. The normalized spacial score (nSPS) is 18.4. The molecule has 5 nitrogen and oxygen atoms in total. The van der Waals surface area contributed by atoms with E-state index in [4.69, 9.17) is 0 Å². The highest BCUT2D eigenvalue weighted by Gasteiger charge is 2.27. The molecule has 1 fully saturated rings. The summed E-state index contributed by atoms with van der Waals surface area (Å²) in [5, 5.41) is 9.48. The van der Waals surface area contributed by atoms with Crippen LogP contribution >= 0.6 is 0 Å². The number of aliphatic hydroxyl groups is 1. The van der Waals surface area contributed by atoms with Crippen LogP contribution in [0.1, 0.15) is 12.0 Å². The van der Waals surface area contributed by atoms with Crippen LogP contribution in [0.5, 0.6) is 0 Å². The third-order valence-corrected chi connectivity index (χ3v) is 5.64. The average Bonchev–Trinajstić information content (AvgIpc) is 2.86. The highest BCUT2D eigenvalue weighted by Crippen LogP contribution is 2.22. The van der Waals surface area contributed by atoms with Crippen molar-refractivity contribution in [2.75, 3.05) is 6.54 Å². The molecule has 0 spiro atoms. The predicted molar refractivity (Wildman–Crippen MR) is 84.4 cm³/mol. The van der Waals surface area contributed by atoms with Crippen LogP contribution in [0, 0.1) is 0 Å². The standard InChI is InChI=1S/C17H17NO4S/c19-14-10-17(20)18(12-14)11-13-6-8-16(9-7-13)23(21,22)15-4-2-1-3-5-15/h1-9,14,19H,10-12H2. The Morgan fingerprint density at radius 3 is 2.17 bits per heavy atom. The molecule has 1 heterocycles. The van der Waals surface area contributed by atoms with E-state index in [1.165, 1.54) is 0 Å². The smallest absolute Gasteiger partial charge is 0.225 e. The maximum absolute atomic E-state index is 12.5. The molecule has 1 aliphatic rings. The number of amides is 1. The van der Waals surface area contributed by atoms with Crippen LogP contribution in [0.25, 0.3) is 0 Å². The van der Waals surface area contributed by atoms with Crippen LogP contribution in [0.2, 0.25) is 0 Å². The van der Waals surface area contributed by atoms with Gasteiger partial charge in [0, 0.05) is 13.1 Å². The molecule has 6 heteroatoms. The number of carbonyl (C=O) groups is 1. The number of hydrogen-bond donors (Lipinski definition) is 1. The first kappa shape index (κ1) is 15.7. The number of nitrogens with zero attached hydrogens (tertiary/aromatic N) is 1. The first-order valence-corrected chi connectivity index (χ1v) is 8.80. The van der Waals surface area contributed by atoms with Crippen molar-refractivity contribution in [3.8, 4) is 0 Å². The van der Waals surface area contributed by atoms with Crippen LogP contribution in [-0.2, 0) is 21.2 Å². The van der Waals surface area contributed by atoms with Crippen molar-refractivity contribution in [2.45, 2.75) is 28.9 Å². The Balaban J connectivity index is 1.79. The summed E-state index contributed by atoms with van der Waals surface area (Å²) in [6.45, 7) is 0.699. The van der Waals surface area contributed by atoms with Crippen LogP contribution < -0.4 is 0 Å². The van der Waals surface area contributed by atoms with Gasteiger partial charge in [-0.15, -0.1) is 0 Å². The third-order valence-electron chi connectivity index (χ3n) is 3.85. The van der Waals surface area contributed by atoms with E-state index < -0.39 is 15.9 Å². The van der Waals surface area contributed by atoms with Crippen molar-refractivity contribution in [3.05, 3.63) is 60.2 Å². The lowest BCUT2D eigenvalue weighted by molar-refractivity contribution is -0.128. The zero-order chi connectivity index (χ0) is 16.4. The molecule has 3 rings (SSSR count). The van der Waals surface area contributed by atoms with Gasteiger partial charge in [-0.3, -0.25) is 4.79 Å². The molecular formula is C17H17NO4S. The minimum Gasteiger partial charge on any atom is -0.391 e. The Bertz CT molecular complexity index is 800. The van der Waals surface area contributed by atoms with E-state index in [1.54, 1.807) is 59.5 Å². The van der Waals surface area contributed by atoms with Gasteiger partial charge in [0.2, 0.25) is 15.7 Å². The Hall–Kier alpha value is -2.18. The lowest BCUT2D eigenvalue weighted by Crippen LogP contribution is -2.25. The van der Waals surface area contributed by atoms with Crippen molar-refractivity contribution in [1.29, 1.82) is 0 Å². The van der Waals surface area contributed by atoms with Gasteiger partial charge in [0.1, 0.15) is 0 Å². The topological polar surface area (TPSA) is 74.7 Å². The molecule has 0 radical (unpaired) electrons. The lowest BCUT2D eigenvalue weighted by atomic mass is 10.2. The monoisotopic (exact) mass is 331 g/mol. The fourth-order valence-electron chi connectivity index (χ4n) is 2.63. The maximum atomic E-state index is 12.5. The number of rotatable bonds is 4. The van der Waals surface area contributed by atoms with Gasteiger partial charge in [-0.25, -0.2) is 8.42 Å². The van der Waals surface area contributed by atoms with Gasteiger partial charge < -0.3 is 10.0 Å². The van der Waals surface area contributed by atoms with E-state index >= 15 is 0 Å². The summed E-state index contributed by atoms with van der Waals surface area (Å²) in [6, 6.07) is 14.8. The molecule has 1 unspecified atom stereocenters. The van der Waals surface area contributed by atoms with E-state index in [-0.39, 0.29) is 22.1 Å². The predicted octanol–water partition coefficient (Wildman–Crippen LogP) is 1.61. The molecule has 0 bridgehead atoms. The van der Waals surface area contributed by atoms with Crippen LogP contribution in [0.3, 0.4) is 0 Å². The fourth-order valence-corrected chi connectivity index (χ4v) is 3.92. The SMILES string of the molecule is O=C1CC(O)CN1Cc1ccc(S(=O)(=O)c2ccccc2)cc1. The van der Waals surface area contributed by atoms with Gasteiger partial charge in [0.25, 0.3) is 0 Å². The van der Waals surface area contributed by atoms with Gasteiger partial charge in [0.05, 0.1) is 22.3 Å². The molecule has 1 N–H and O–H groups in total. The van der Waals surface area contributed by atoms with Crippen LogP contribution in [0.15, 0.2) is 64.4 Å². The molecule has 23 heavy (non-hydrogen) atoms.